The van der Waals surface area contributed by atoms with Crippen molar-refractivity contribution in [3.8, 4) is 5.75 Å². The lowest BCUT2D eigenvalue weighted by molar-refractivity contribution is -0.140. The number of carbonyl (C=O) groups excluding carboxylic acids is 3. The van der Waals surface area contributed by atoms with Gasteiger partial charge in [-0.1, -0.05) is 42.0 Å². The van der Waals surface area contributed by atoms with Crippen molar-refractivity contribution in [3.63, 3.8) is 0 Å². The zero-order valence-corrected chi connectivity index (χ0v) is 17.6. The average molecular weight is 409 g/mol. The van der Waals surface area contributed by atoms with Crippen molar-refractivity contribution in [1.29, 1.82) is 0 Å². The van der Waals surface area contributed by atoms with Crippen molar-refractivity contribution >= 4 is 17.5 Å². The van der Waals surface area contributed by atoms with E-state index in [1.807, 2.05) is 44.2 Å². The molecular weight excluding hydrogens is 382 g/mol. The van der Waals surface area contributed by atoms with Gasteiger partial charge in [-0.3, -0.25) is 14.4 Å². The smallest absolute Gasteiger partial charge is 0.291 e. The van der Waals surface area contributed by atoms with Gasteiger partial charge < -0.3 is 14.4 Å². The first-order valence-electron chi connectivity index (χ1n) is 10.1. The lowest BCUT2D eigenvalue weighted by atomic mass is 9.86. The molecule has 2 unspecified atom stereocenters. The van der Waals surface area contributed by atoms with Gasteiger partial charge in [0.2, 0.25) is 5.78 Å². The maximum atomic E-state index is 13.3. The fourth-order valence-corrected chi connectivity index (χ4v) is 3.83. The number of aryl methyl sites for hydroxylation is 1. The Balaban J connectivity index is 2.02. The molecule has 30 heavy (non-hydrogen) atoms. The fraction of sp³-hybridized carbons (Fsp3) is 0.375. The number of methoxy groups -OCH3 is 1. The van der Waals surface area contributed by atoms with Gasteiger partial charge in [0.1, 0.15) is 11.7 Å². The van der Waals surface area contributed by atoms with E-state index in [-0.39, 0.29) is 5.78 Å². The third-order valence-corrected chi connectivity index (χ3v) is 5.28. The quantitative estimate of drug-likeness (QED) is 0.275. The van der Waals surface area contributed by atoms with Gasteiger partial charge in [-0.2, -0.15) is 0 Å². The summed E-state index contributed by atoms with van der Waals surface area (Å²) in [7, 11) is 1.59. The van der Waals surface area contributed by atoms with Gasteiger partial charge in [0.15, 0.2) is 5.78 Å². The molecule has 1 saturated heterocycles. The number of Topliss-reactive ketones (excluding diaryl/α,β-unsaturated/α-hetero) is 2. The van der Waals surface area contributed by atoms with Gasteiger partial charge in [0.05, 0.1) is 12.6 Å². The van der Waals surface area contributed by atoms with E-state index < -0.39 is 23.7 Å². The van der Waals surface area contributed by atoms with Crippen LogP contribution in [-0.2, 0) is 14.3 Å². The number of amides is 1. The first kappa shape index (κ1) is 21.7. The Morgan fingerprint density at radius 1 is 1.10 bits per heavy atom. The highest BCUT2D eigenvalue weighted by atomic mass is 16.5. The van der Waals surface area contributed by atoms with Crippen molar-refractivity contribution in [3.05, 3.63) is 65.2 Å². The Bertz CT molecular complexity index is 921. The van der Waals surface area contributed by atoms with Crippen LogP contribution >= 0.6 is 0 Å². The number of rotatable bonds is 9. The molecule has 6 nitrogen and oxygen atoms in total. The molecule has 2 aromatic rings. The van der Waals surface area contributed by atoms with E-state index in [0.717, 1.165) is 5.56 Å². The maximum Gasteiger partial charge on any atom is 0.291 e. The van der Waals surface area contributed by atoms with Crippen LogP contribution in [0, 0.1) is 12.8 Å². The summed E-state index contributed by atoms with van der Waals surface area (Å²) in [5.74, 6) is -2.07. The lowest BCUT2D eigenvalue weighted by Crippen LogP contribution is -2.32. The van der Waals surface area contributed by atoms with E-state index in [0.29, 0.717) is 43.1 Å². The van der Waals surface area contributed by atoms with E-state index in [9.17, 15) is 14.4 Å². The molecule has 158 valence electrons. The third kappa shape index (κ3) is 4.44. The van der Waals surface area contributed by atoms with Crippen molar-refractivity contribution in [2.24, 2.45) is 5.92 Å². The first-order valence-corrected chi connectivity index (χ1v) is 10.1. The number of hydrogen-bond acceptors (Lipinski definition) is 5. The molecule has 0 bridgehead atoms. The number of nitrogens with zero attached hydrogens (tertiary/aromatic N) is 1. The number of ketones is 2. The van der Waals surface area contributed by atoms with Crippen LogP contribution in [0.15, 0.2) is 48.5 Å². The van der Waals surface area contributed by atoms with Gasteiger partial charge in [0, 0.05) is 25.8 Å². The molecule has 1 aliphatic rings. The highest BCUT2D eigenvalue weighted by Crippen LogP contribution is 2.39. The zero-order valence-electron chi connectivity index (χ0n) is 17.6. The molecule has 2 aromatic carbocycles. The van der Waals surface area contributed by atoms with Crippen LogP contribution in [0.1, 0.15) is 40.9 Å². The molecule has 3 rings (SSSR count). The zero-order chi connectivity index (χ0) is 21.7. The summed E-state index contributed by atoms with van der Waals surface area (Å²) in [4.78, 5) is 40.6. The van der Waals surface area contributed by atoms with Crippen LogP contribution in [0.2, 0.25) is 0 Å². The van der Waals surface area contributed by atoms with E-state index in [1.165, 1.54) is 4.90 Å². The van der Waals surface area contributed by atoms with Gasteiger partial charge in [-0.25, -0.2) is 0 Å². The molecule has 2 atom stereocenters. The van der Waals surface area contributed by atoms with E-state index in [4.69, 9.17) is 9.47 Å². The van der Waals surface area contributed by atoms with E-state index in [1.54, 1.807) is 25.3 Å². The predicted octanol–water partition coefficient (Wildman–Crippen LogP) is 3.38. The Labute approximate surface area is 176 Å². The third-order valence-electron chi connectivity index (χ3n) is 5.28. The van der Waals surface area contributed by atoms with E-state index >= 15 is 0 Å². The van der Waals surface area contributed by atoms with Crippen LogP contribution in [-0.4, -0.2) is 49.2 Å². The second-order valence-corrected chi connectivity index (χ2v) is 7.37. The summed E-state index contributed by atoms with van der Waals surface area (Å²) < 4.78 is 10.7. The summed E-state index contributed by atoms with van der Waals surface area (Å²) in [6, 6.07) is 13.7. The average Bonchev–Trinajstić information content (AvgIpc) is 2.99. The van der Waals surface area contributed by atoms with Crippen LogP contribution < -0.4 is 4.74 Å². The highest BCUT2D eigenvalue weighted by molar-refractivity contribution is 6.44. The minimum atomic E-state index is -1.08. The van der Waals surface area contributed by atoms with Crippen molar-refractivity contribution in [2.45, 2.75) is 26.3 Å². The van der Waals surface area contributed by atoms with Crippen LogP contribution in [0.3, 0.4) is 0 Å². The molecule has 0 aromatic heterocycles. The molecule has 0 radical (unpaired) electrons. The van der Waals surface area contributed by atoms with Gasteiger partial charge in [0.25, 0.3) is 5.91 Å². The molecule has 1 fully saturated rings. The lowest BCUT2D eigenvalue weighted by Gasteiger charge is -2.27. The minimum absolute atomic E-state index is 0.333. The summed E-state index contributed by atoms with van der Waals surface area (Å²) in [6.07, 6.45) is 0.572. The SMILES string of the molecule is CCOc1cccc(C2C(C(=O)c3ccc(C)cc3)C(=O)C(=O)N2CCCOC)c1. The second kappa shape index (κ2) is 9.67. The summed E-state index contributed by atoms with van der Waals surface area (Å²) >= 11 is 0. The summed E-state index contributed by atoms with van der Waals surface area (Å²) in [5.41, 5.74) is 2.15. The van der Waals surface area contributed by atoms with Crippen molar-refractivity contribution in [2.75, 3.05) is 26.9 Å². The monoisotopic (exact) mass is 409 g/mol. The number of benzene rings is 2. The first-order chi connectivity index (χ1) is 14.5. The normalized spacial score (nSPS) is 18.7. The molecular formula is C24H27NO5. The van der Waals surface area contributed by atoms with Gasteiger partial charge in [-0.15, -0.1) is 0 Å². The molecule has 6 heteroatoms. The topological polar surface area (TPSA) is 72.9 Å². The number of ether oxygens (including phenoxy) is 2. The molecule has 0 N–H and O–H groups in total. The molecule has 0 aliphatic carbocycles. The molecule has 1 heterocycles. The van der Waals surface area contributed by atoms with Crippen LogP contribution in [0.25, 0.3) is 0 Å². The Morgan fingerprint density at radius 3 is 2.50 bits per heavy atom. The minimum Gasteiger partial charge on any atom is -0.494 e. The van der Waals surface area contributed by atoms with E-state index in [2.05, 4.69) is 0 Å². The Kier molecular flexibility index (Phi) is 7.00. The van der Waals surface area contributed by atoms with Crippen LogP contribution in [0.5, 0.6) is 5.75 Å². The highest BCUT2D eigenvalue weighted by Gasteiger charge is 2.51. The molecule has 0 saturated carbocycles. The maximum absolute atomic E-state index is 13.3. The predicted molar refractivity (Wildman–Crippen MR) is 113 cm³/mol. The van der Waals surface area contributed by atoms with Crippen LogP contribution in [0.4, 0.5) is 0 Å². The largest absolute Gasteiger partial charge is 0.494 e. The summed E-state index contributed by atoms with van der Waals surface area (Å²) in [6.45, 7) is 5.10. The van der Waals surface area contributed by atoms with Gasteiger partial charge >= 0.3 is 0 Å². The number of likely N-dealkylation sites (tertiary alicyclic amines) is 1. The standard InChI is InChI=1S/C24H27NO5/c1-4-30-19-8-5-7-18(15-19)21-20(22(26)17-11-9-16(2)10-12-17)23(27)24(28)25(21)13-6-14-29-3/h5,7-12,15,20-21H,4,6,13-14H2,1-3H3. The molecule has 1 aliphatic heterocycles. The van der Waals surface area contributed by atoms with Crippen molar-refractivity contribution in [1.82, 2.24) is 4.90 Å². The molecule has 0 spiro atoms. The Morgan fingerprint density at radius 2 is 1.83 bits per heavy atom. The van der Waals surface area contributed by atoms with Gasteiger partial charge in [-0.05, 0) is 38.0 Å². The molecule has 1 amide bonds. The summed E-state index contributed by atoms with van der Waals surface area (Å²) in [5, 5.41) is 0. The fourth-order valence-electron chi connectivity index (χ4n) is 3.83. The Hall–Kier alpha value is -2.99. The number of hydrogen-bond donors (Lipinski definition) is 0. The number of carbonyl (C=O) groups is 3. The van der Waals surface area contributed by atoms with Crippen molar-refractivity contribution < 1.29 is 23.9 Å². The second-order valence-electron chi connectivity index (χ2n) is 7.37.